The maximum atomic E-state index is 13.8. The summed E-state index contributed by atoms with van der Waals surface area (Å²) in [5, 5.41) is 6.86. The Balaban J connectivity index is 1.63. The normalized spacial score (nSPS) is 14.3. The van der Waals surface area contributed by atoms with Gasteiger partial charge in [-0.3, -0.25) is 4.79 Å². The monoisotopic (exact) mass is 510 g/mol. The first-order valence-electron chi connectivity index (χ1n) is 12.2. The predicted molar refractivity (Wildman–Crippen MR) is 138 cm³/mol. The van der Waals surface area contributed by atoms with Crippen LogP contribution >= 0.6 is 0 Å². The summed E-state index contributed by atoms with van der Waals surface area (Å²) in [4.78, 5) is 22.3. The third-order valence-electron chi connectivity index (χ3n) is 6.98. The highest BCUT2D eigenvalue weighted by Gasteiger charge is 2.48. The molecule has 0 aliphatic carbocycles. The van der Waals surface area contributed by atoms with Gasteiger partial charge < -0.3 is 10.6 Å². The van der Waals surface area contributed by atoms with Crippen LogP contribution < -0.4 is 16.2 Å². The van der Waals surface area contributed by atoms with E-state index in [1.807, 2.05) is 19.9 Å². The highest BCUT2D eigenvalue weighted by atomic mass is 19.4. The van der Waals surface area contributed by atoms with Crippen molar-refractivity contribution in [1.82, 2.24) is 24.6 Å². The van der Waals surface area contributed by atoms with E-state index in [0.29, 0.717) is 17.3 Å². The third-order valence-corrected chi connectivity index (χ3v) is 6.98. The van der Waals surface area contributed by atoms with E-state index in [4.69, 9.17) is 0 Å². The molecule has 0 bridgehead atoms. The number of hydrogen-bond donors (Lipinski definition) is 2. The van der Waals surface area contributed by atoms with Crippen LogP contribution in [0, 0.1) is 0 Å². The number of hydrogen-bond acceptors (Lipinski definition) is 5. The minimum absolute atomic E-state index is 0.0954. The number of halogens is 3. The maximum absolute atomic E-state index is 13.8. The average molecular weight is 511 g/mol. The highest BCUT2D eigenvalue weighted by Crippen LogP contribution is 2.41. The first-order chi connectivity index (χ1) is 17.5. The zero-order valence-corrected chi connectivity index (χ0v) is 21.1. The lowest BCUT2D eigenvalue weighted by Gasteiger charge is -2.29. The molecule has 0 spiro atoms. The summed E-state index contributed by atoms with van der Waals surface area (Å²) in [5.41, 5.74) is 1.78. The molecule has 5 rings (SSSR count). The zero-order valence-electron chi connectivity index (χ0n) is 21.1. The summed E-state index contributed by atoms with van der Waals surface area (Å²) < 4.78 is 44.4. The molecule has 2 N–H and O–H groups in total. The molecule has 194 valence electrons. The molecule has 1 aliphatic rings. The fourth-order valence-corrected chi connectivity index (χ4v) is 4.65. The fraction of sp³-hybridized carbons (Fsp3) is 0.370. The molecule has 0 amide bonds. The Morgan fingerprint density at radius 3 is 2.59 bits per heavy atom. The van der Waals surface area contributed by atoms with Gasteiger partial charge in [0.25, 0.3) is 5.56 Å². The van der Waals surface area contributed by atoms with Gasteiger partial charge in [-0.15, -0.1) is 0 Å². The molecule has 10 heteroatoms. The number of fused-ring (bicyclic) bond motifs is 2. The van der Waals surface area contributed by atoms with Crippen LogP contribution in [0.25, 0.3) is 16.7 Å². The van der Waals surface area contributed by atoms with Crippen LogP contribution in [0.2, 0.25) is 0 Å². The summed E-state index contributed by atoms with van der Waals surface area (Å²) in [6.07, 6.45) is -2.05. The lowest BCUT2D eigenvalue weighted by molar-refractivity contribution is -0.180. The van der Waals surface area contributed by atoms with Gasteiger partial charge in [0.1, 0.15) is 5.39 Å². The first kappa shape index (κ1) is 25.0. The standard InChI is InChI=1S/C27H29F3N6O/c1-16(2)35-24(37)22-15-32-25(33-20-9-8-18-14-31-11-10-17(18)12-20)34-23(22)36(35)21-7-5-6-19(13-21)26(3,4)27(28,29)30/h5-9,12-13,15-16,31H,10-11,14H2,1-4H3,(H,32,33,34). The second-order valence-corrected chi connectivity index (χ2v) is 10.2. The third kappa shape index (κ3) is 4.39. The highest BCUT2D eigenvalue weighted by molar-refractivity contribution is 5.77. The number of aromatic nitrogens is 4. The quantitative estimate of drug-likeness (QED) is 0.376. The van der Waals surface area contributed by atoms with Gasteiger partial charge in [-0.25, -0.2) is 14.3 Å². The molecule has 0 fully saturated rings. The molecule has 3 heterocycles. The molecule has 37 heavy (non-hydrogen) atoms. The molecular weight excluding hydrogens is 481 g/mol. The minimum atomic E-state index is -4.44. The van der Waals surface area contributed by atoms with E-state index in [1.54, 1.807) is 16.8 Å². The Labute approximate surface area is 212 Å². The fourth-order valence-electron chi connectivity index (χ4n) is 4.65. The van der Waals surface area contributed by atoms with Crippen molar-refractivity contribution in [2.45, 2.75) is 58.3 Å². The molecule has 7 nitrogen and oxygen atoms in total. The molecule has 4 aromatic rings. The van der Waals surface area contributed by atoms with Gasteiger partial charge in [0, 0.05) is 24.5 Å². The van der Waals surface area contributed by atoms with Crippen molar-refractivity contribution in [3.63, 3.8) is 0 Å². The van der Waals surface area contributed by atoms with Crippen LogP contribution in [0.3, 0.4) is 0 Å². The summed E-state index contributed by atoms with van der Waals surface area (Å²) in [6.45, 7) is 7.72. The van der Waals surface area contributed by atoms with Crippen molar-refractivity contribution in [1.29, 1.82) is 0 Å². The lowest BCUT2D eigenvalue weighted by Crippen LogP contribution is -2.36. The van der Waals surface area contributed by atoms with Crippen LogP contribution in [0.4, 0.5) is 24.8 Å². The Hall–Kier alpha value is -3.66. The molecule has 0 radical (unpaired) electrons. The summed E-state index contributed by atoms with van der Waals surface area (Å²) in [5.74, 6) is 0.294. The molecule has 0 atom stereocenters. The first-order valence-corrected chi connectivity index (χ1v) is 12.2. The zero-order chi connectivity index (χ0) is 26.5. The average Bonchev–Trinajstić information content (AvgIpc) is 3.15. The number of anilines is 2. The Kier molecular flexibility index (Phi) is 6.10. The maximum Gasteiger partial charge on any atom is 0.397 e. The van der Waals surface area contributed by atoms with Crippen LogP contribution in [0.5, 0.6) is 0 Å². The Bertz CT molecular complexity index is 1530. The van der Waals surface area contributed by atoms with Gasteiger partial charge in [-0.1, -0.05) is 18.2 Å². The van der Waals surface area contributed by atoms with Gasteiger partial charge in [0.2, 0.25) is 5.95 Å². The van der Waals surface area contributed by atoms with Crippen LogP contribution in [-0.4, -0.2) is 32.1 Å². The SMILES string of the molecule is CC(C)n1c(=O)c2cnc(Nc3ccc4c(c3)CCNC4)nc2n1-c1cccc(C(C)(C)C(F)(F)F)c1. The van der Waals surface area contributed by atoms with Crippen LogP contribution in [0.1, 0.15) is 50.4 Å². The van der Waals surface area contributed by atoms with Crippen molar-refractivity contribution in [3.05, 3.63) is 75.7 Å². The van der Waals surface area contributed by atoms with E-state index in [9.17, 15) is 18.0 Å². The minimum Gasteiger partial charge on any atom is -0.324 e. The predicted octanol–water partition coefficient (Wildman–Crippen LogP) is 5.39. The Morgan fingerprint density at radius 2 is 1.86 bits per heavy atom. The van der Waals surface area contributed by atoms with E-state index in [0.717, 1.165) is 39.0 Å². The van der Waals surface area contributed by atoms with Crippen molar-refractivity contribution in [2.24, 2.45) is 0 Å². The summed E-state index contributed by atoms with van der Waals surface area (Å²) >= 11 is 0. The van der Waals surface area contributed by atoms with Gasteiger partial charge in [-0.05, 0) is 81.6 Å². The largest absolute Gasteiger partial charge is 0.397 e. The van der Waals surface area contributed by atoms with Crippen LogP contribution in [-0.2, 0) is 18.4 Å². The molecule has 2 aromatic heterocycles. The van der Waals surface area contributed by atoms with Crippen molar-refractivity contribution >= 4 is 22.7 Å². The topological polar surface area (TPSA) is 76.8 Å². The molecule has 2 aromatic carbocycles. The lowest BCUT2D eigenvalue weighted by atomic mass is 9.84. The molecular formula is C27H29F3N6O. The second kappa shape index (κ2) is 9.02. The van der Waals surface area contributed by atoms with Crippen molar-refractivity contribution < 1.29 is 13.2 Å². The van der Waals surface area contributed by atoms with E-state index >= 15 is 0 Å². The molecule has 0 saturated carbocycles. The molecule has 0 unspecified atom stereocenters. The van der Waals surface area contributed by atoms with Gasteiger partial charge in [0.15, 0.2) is 5.65 Å². The van der Waals surface area contributed by atoms with Crippen molar-refractivity contribution in [2.75, 3.05) is 11.9 Å². The van der Waals surface area contributed by atoms with Gasteiger partial charge in [-0.2, -0.15) is 18.2 Å². The van der Waals surface area contributed by atoms with Gasteiger partial charge >= 0.3 is 6.18 Å². The summed E-state index contributed by atoms with van der Waals surface area (Å²) in [6, 6.07) is 12.0. The smallest absolute Gasteiger partial charge is 0.324 e. The number of benzene rings is 2. The number of rotatable bonds is 5. The van der Waals surface area contributed by atoms with E-state index in [-0.39, 0.29) is 22.6 Å². The number of nitrogens with one attached hydrogen (secondary N) is 2. The van der Waals surface area contributed by atoms with E-state index < -0.39 is 11.6 Å². The Morgan fingerprint density at radius 1 is 1.08 bits per heavy atom. The van der Waals surface area contributed by atoms with Crippen molar-refractivity contribution in [3.8, 4) is 5.69 Å². The van der Waals surface area contributed by atoms with E-state index in [2.05, 4.69) is 32.7 Å². The van der Waals surface area contributed by atoms with Gasteiger partial charge in [0.05, 0.1) is 11.1 Å². The summed E-state index contributed by atoms with van der Waals surface area (Å²) in [7, 11) is 0. The number of nitrogens with zero attached hydrogens (tertiary/aromatic N) is 4. The van der Waals surface area contributed by atoms with Crippen LogP contribution in [0.15, 0.2) is 53.5 Å². The van der Waals surface area contributed by atoms with E-state index in [1.165, 1.54) is 34.1 Å². The molecule has 1 aliphatic heterocycles. The molecule has 0 saturated heterocycles. The second-order valence-electron chi connectivity index (χ2n) is 10.2. The number of alkyl halides is 3.